The summed E-state index contributed by atoms with van der Waals surface area (Å²) >= 11 is 0. The maximum absolute atomic E-state index is 13.3. The molecule has 2 aromatic heterocycles. The zero-order valence-electron chi connectivity index (χ0n) is 13.1. The SMILES string of the molecule is Cc1nc(N2CCN(c3ccc(C(F)(F)F)nn3)CC2)[nH]c(=O)c1F. The Hall–Kier alpha value is -2.72. The van der Waals surface area contributed by atoms with Gasteiger partial charge in [0.25, 0.3) is 5.56 Å². The van der Waals surface area contributed by atoms with Crippen molar-refractivity contribution >= 4 is 11.8 Å². The van der Waals surface area contributed by atoms with E-state index in [2.05, 4.69) is 20.2 Å². The molecule has 3 heterocycles. The largest absolute Gasteiger partial charge is 0.435 e. The summed E-state index contributed by atoms with van der Waals surface area (Å²) in [5.41, 5.74) is -1.87. The van der Waals surface area contributed by atoms with Crippen LogP contribution in [0, 0.1) is 12.7 Å². The van der Waals surface area contributed by atoms with E-state index in [-0.39, 0.29) is 11.6 Å². The molecule has 1 aliphatic rings. The molecule has 1 saturated heterocycles. The van der Waals surface area contributed by atoms with Crippen molar-refractivity contribution in [2.75, 3.05) is 36.0 Å². The van der Waals surface area contributed by atoms with Crippen LogP contribution in [-0.4, -0.2) is 46.3 Å². The summed E-state index contributed by atoms with van der Waals surface area (Å²) in [5, 5.41) is 6.82. The topological polar surface area (TPSA) is 78.0 Å². The number of aryl methyl sites for hydroxylation is 1. The Morgan fingerprint density at radius 2 is 1.72 bits per heavy atom. The molecule has 0 radical (unpaired) electrons. The summed E-state index contributed by atoms with van der Waals surface area (Å²) in [6, 6.07) is 2.16. The van der Waals surface area contributed by atoms with Crippen molar-refractivity contribution in [3.05, 3.63) is 39.7 Å². The molecule has 3 rings (SSSR count). The Morgan fingerprint density at radius 1 is 1.08 bits per heavy atom. The van der Waals surface area contributed by atoms with Crippen molar-refractivity contribution < 1.29 is 17.6 Å². The molecule has 0 spiro atoms. The number of nitrogens with one attached hydrogen (secondary N) is 1. The fraction of sp³-hybridized carbons (Fsp3) is 0.429. The van der Waals surface area contributed by atoms with Crippen LogP contribution in [0.1, 0.15) is 11.4 Å². The lowest BCUT2D eigenvalue weighted by Gasteiger charge is -2.35. The molecule has 1 fully saturated rings. The smallest absolute Gasteiger partial charge is 0.352 e. The summed E-state index contributed by atoms with van der Waals surface area (Å²) in [5.74, 6) is -0.311. The fourth-order valence-corrected chi connectivity index (χ4v) is 2.50. The first kappa shape index (κ1) is 17.1. The molecule has 0 bridgehead atoms. The average Bonchev–Trinajstić information content (AvgIpc) is 2.59. The number of nitrogens with zero attached hydrogens (tertiary/aromatic N) is 5. The van der Waals surface area contributed by atoms with Gasteiger partial charge in [0.2, 0.25) is 11.8 Å². The summed E-state index contributed by atoms with van der Waals surface area (Å²) < 4.78 is 50.9. The first-order chi connectivity index (χ1) is 11.8. The quantitative estimate of drug-likeness (QED) is 0.817. The molecule has 1 N–H and O–H groups in total. The van der Waals surface area contributed by atoms with Crippen LogP contribution in [0.15, 0.2) is 16.9 Å². The number of anilines is 2. The summed E-state index contributed by atoms with van der Waals surface area (Å²) in [7, 11) is 0. The Labute approximate surface area is 139 Å². The van der Waals surface area contributed by atoms with E-state index in [1.807, 2.05) is 0 Å². The molecule has 134 valence electrons. The molecule has 7 nitrogen and oxygen atoms in total. The van der Waals surface area contributed by atoms with Gasteiger partial charge in [0, 0.05) is 26.2 Å². The van der Waals surface area contributed by atoms with Crippen LogP contribution in [-0.2, 0) is 6.18 Å². The fourth-order valence-electron chi connectivity index (χ4n) is 2.50. The Balaban J connectivity index is 1.69. The average molecular weight is 358 g/mol. The molecule has 0 atom stereocenters. The van der Waals surface area contributed by atoms with Gasteiger partial charge in [-0.25, -0.2) is 4.98 Å². The third kappa shape index (κ3) is 3.54. The van der Waals surface area contributed by atoms with Crippen molar-refractivity contribution in [2.24, 2.45) is 0 Å². The maximum Gasteiger partial charge on any atom is 0.435 e. The minimum absolute atomic E-state index is 0.00906. The second-order valence-electron chi connectivity index (χ2n) is 5.54. The highest BCUT2D eigenvalue weighted by atomic mass is 19.4. The molecular weight excluding hydrogens is 344 g/mol. The normalized spacial score (nSPS) is 15.6. The molecule has 0 aromatic carbocycles. The van der Waals surface area contributed by atoms with Gasteiger partial charge in [-0.05, 0) is 19.1 Å². The van der Waals surface area contributed by atoms with Crippen LogP contribution < -0.4 is 15.4 Å². The number of hydrogen-bond donors (Lipinski definition) is 1. The number of piperazine rings is 1. The summed E-state index contributed by atoms with van der Waals surface area (Å²) in [4.78, 5) is 21.4. The van der Waals surface area contributed by atoms with E-state index < -0.39 is 23.2 Å². The Bertz CT molecular complexity index is 812. The van der Waals surface area contributed by atoms with Crippen molar-refractivity contribution in [2.45, 2.75) is 13.1 Å². The number of hydrogen-bond acceptors (Lipinski definition) is 6. The number of rotatable bonds is 2. The molecular formula is C14H14F4N6O. The predicted octanol–water partition coefficient (Wildman–Crippen LogP) is 1.35. The highest BCUT2D eigenvalue weighted by Gasteiger charge is 2.33. The first-order valence-electron chi connectivity index (χ1n) is 7.43. The summed E-state index contributed by atoms with van der Waals surface area (Å²) in [6.45, 7) is 3.18. The van der Waals surface area contributed by atoms with Gasteiger partial charge < -0.3 is 9.80 Å². The zero-order chi connectivity index (χ0) is 18.2. The van der Waals surface area contributed by atoms with E-state index in [1.54, 1.807) is 9.80 Å². The molecule has 25 heavy (non-hydrogen) atoms. The minimum Gasteiger partial charge on any atom is -0.352 e. The second kappa shape index (κ2) is 6.30. The maximum atomic E-state index is 13.3. The van der Waals surface area contributed by atoms with Crippen molar-refractivity contribution in [3.8, 4) is 0 Å². The van der Waals surface area contributed by atoms with Gasteiger partial charge >= 0.3 is 6.18 Å². The van der Waals surface area contributed by atoms with E-state index in [0.29, 0.717) is 32.0 Å². The molecule has 2 aromatic rings. The van der Waals surface area contributed by atoms with Crippen LogP contribution in [0.25, 0.3) is 0 Å². The lowest BCUT2D eigenvalue weighted by Crippen LogP contribution is -2.48. The van der Waals surface area contributed by atoms with E-state index >= 15 is 0 Å². The Morgan fingerprint density at radius 3 is 2.24 bits per heavy atom. The van der Waals surface area contributed by atoms with Crippen LogP contribution in [0.5, 0.6) is 0 Å². The number of H-pyrrole nitrogens is 1. The third-order valence-corrected chi connectivity index (χ3v) is 3.86. The van der Waals surface area contributed by atoms with Gasteiger partial charge in [0.1, 0.15) is 0 Å². The minimum atomic E-state index is -4.53. The highest BCUT2D eigenvalue weighted by Crippen LogP contribution is 2.27. The monoisotopic (exact) mass is 358 g/mol. The van der Waals surface area contributed by atoms with Crippen molar-refractivity contribution in [1.82, 2.24) is 20.2 Å². The van der Waals surface area contributed by atoms with Gasteiger partial charge in [-0.3, -0.25) is 9.78 Å². The molecule has 0 unspecified atom stereocenters. The van der Waals surface area contributed by atoms with Gasteiger partial charge in [-0.15, -0.1) is 10.2 Å². The first-order valence-corrected chi connectivity index (χ1v) is 7.43. The standard InChI is InChI=1S/C14H14F4N6O/c1-8-11(15)12(25)20-13(19-8)24-6-4-23(5-7-24)10-3-2-9(21-22-10)14(16,17)18/h2-3H,4-7H2,1H3,(H,19,20,25). The third-order valence-electron chi connectivity index (χ3n) is 3.86. The van der Waals surface area contributed by atoms with Crippen LogP contribution in [0.3, 0.4) is 0 Å². The van der Waals surface area contributed by atoms with Gasteiger partial charge in [0.15, 0.2) is 11.5 Å². The van der Waals surface area contributed by atoms with E-state index in [1.165, 1.54) is 13.0 Å². The van der Waals surface area contributed by atoms with E-state index in [0.717, 1.165) is 6.07 Å². The van der Waals surface area contributed by atoms with E-state index in [9.17, 15) is 22.4 Å². The van der Waals surface area contributed by atoms with Gasteiger partial charge in [0.05, 0.1) is 5.69 Å². The highest BCUT2D eigenvalue weighted by molar-refractivity contribution is 5.42. The van der Waals surface area contributed by atoms with Gasteiger partial charge in [-0.1, -0.05) is 0 Å². The predicted molar refractivity (Wildman–Crippen MR) is 81.0 cm³/mol. The van der Waals surface area contributed by atoms with Crippen LogP contribution in [0.4, 0.5) is 29.3 Å². The van der Waals surface area contributed by atoms with Crippen LogP contribution >= 0.6 is 0 Å². The van der Waals surface area contributed by atoms with E-state index in [4.69, 9.17) is 0 Å². The number of aromatic nitrogens is 4. The molecule has 1 aliphatic heterocycles. The zero-order valence-corrected chi connectivity index (χ0v) is 13.1. The number of halogens is 4. The molecule has 0 saturated carbocycles. The Kier molecular flexibility index (Phi) is 4.31. The second-order valence-corrected chi connectivity index (χ2v) is 5.54. The van der Waals surface area contributed by atoms with Crippen molar-refractivity contribution in [1.29, 1.82) is 0 Å². The molecule has 0 amide bonds. The number of aromatic amines is 1. The van der Waals surface area contributed by atoms with Gasteiger partial charge in [-0.2, -0.15) is 17.6 Å². The van der Waals surface area contributed by atoms with Crippen molar-refractivity contribution in [3.63, 3.8) is 0 Å². The number of alkyl halides is 3. The lowest BCUT2D eigenvalue weighted by molar-refractivity contribution is -0.141. The van der Waals surface area contributed by atoms with Crippen LogP contribution in [0.2, 0.25) is 0 Å². The summed E-state index contributed by atoms with van der Waals surface area (Å²) in [6.07, 6.45) is -4.53. The lowest BCUT2D eigenvalue weighted by atomic mass is 10.3. The molecule has 11 heteroatoms. The molecule has 0 aliphatic carbocycles.